The van der Waals surface area contributed by atoms with Gasteiger partial charge in [-0.25, -0.2) is 9.79 Å². The van der Waals surface area contributed by atoms with E-state index in [2.05, 4.69) is 20.9 Å². The van der Waals surface area contributed by atoms with Crippen LogP contribution >= 0.6 is 27.7 Å². The third-order valence-electron chi connectivity index (χ3n) is 3.92. The fourth-order valence-corrected chi connectivity index (χ4v) is 4.31. The first-order valence-corrected chi connectivity index (χ1v) is 9.33. The Morgan fingerprint density at radius 1 is 1.46 bits per heavy atom. The molecular formula is C17H17BrN2O3S. The molecule has 7 heteroatoms. The number of rotatable bonds is 3. The third kappa shape index (κ3) is 2.91. The van der Waals surface area contributed by atoms with Gasteiger partial charge in [0.25, 0.3) is 0 Å². The van der Waals surface area contributed by atoms with E-state index < -0.39 is 12.0 Å². The first kappa shape index (κ1) is 17.2. The molecule has 2 heterocycles. The summed E-state index contributed by atoms with van der Waals surface area (Å²) in [6, 6.07) is 7.11. The van der Waals surface area contributed by atoms with Gasteiger partial charge >= 0.3 is 5.97 Å². The molecule has 0 aliphatic carbocycles. The summed E-state index contributed by atoms with van der Waals surface area (Å²) < 4.78 is 6.11. The summed E-state index contributed by atoms with van der Waals surface area (Å²) in [5.74, 6) is -0.474. The molecule has 0 spiro atoms. The van der Waals surface area contributed by atoms with Crippen LogP contribution in [-0.4, -0.2) is 33.8 Å². The van der Waals surface area contributed by atoms with Gasteiger partial charge in [-0.2, -0.15) is 0 Å². The van der Waals surface area contributed by atoms with Crippen LogP contribution in [0, 0.1) is 0 Å². The third-order valence-corrected chi connectivity index (χ3v) is 5.47. The number of thioether (sulfide) groups is 1. The number of esters is 1. The Labute approximate surface area is 153 Å². The summed E-state index contributed by atoms with van der Waals surface area (Å²) in [4.78, 5) is 31.3. The van der Waals surface area contributed by atoms with Gasteiger partial charge in [0.1, 0.15) is 0 Å². The second-order valence-electron chi connectivity index (χ2n) is 5.54. The van der Waals surface area contributed by atoms with Crippen molar-refractivity contribution in [3.8, 4) is 0 Å². The van der Waals surface area contributed by atoms with Gasteiger partial charge in [-0.05, 0) is 38.5 Å². The van der Waals surface area contributed by atoms with Crippen molar-refractivity contribution >= 4 is 44.7 Å². The van der Waals surface area contributed by atoms with Crippen molar-refractivity contribution < 1.29 is 14.3 Å². The highest BCUT2D eigenvalue weighted by molar-refractivity contribution is 9.10. The lowest BCUT2D eigenvalue weighted by molar-refractivity contribution is -0.139. The van der Waals surface area contributed by atoms with Crippen LogP contribution < -0.4 is 0 Å². The summed E-state index contributed by atoms with van der Waals surface area (Å²) in [7, 11) is 0. The molecule has 24 heavy (non-hydrogen) atoms. The molecule has 2 atom stereocenters. The number of allylic oxidation sites excluding steroid dienone is 1. The van der Waals surface area contributed by atoms with Crippen LogP contribution in [0.4, 0.5) is 0 Å². The van der Waals surface area contributed by atoms with Gasteiger partial charge in [-0.15, -0.1) is 0 Å². The lowest BCUT2D eigenvalue weighted by Crippen LogP contribution is -2.40. The van der Waals surface area contributed by atoms with Crippen LogP contribution in [-0.2, 0) is 14.3 Å². The van der Waals surface area contributed by atoms with E-state index in [-0.39, 0.29) is 17.8 Å². The first-order valence-electron chi connectivity index (χ1n) is 7.65. The highest BCUT2D eigenvalue weighted by Gasteiger charge is 2.46. The normalized spacial score (nSPS) is 23.2. The van der Waals surface area contributed by atoms with Crippen LogP contribution in [0.1, 0.15) is 32.4 Å². The van der Waals surface area contributed by atoms with E-state index in [9.17, 15) is 9.59 Å². The van der Waals surface area contributed by atoms with Gasteiger partial charge < -0.3 is 4.74 Å². The van der Waals surface area contributed by atoms with Crippen LogP contribution in [0.25, 0.3) is 0 Å². The highest BCUT2D eigenvalue weighted by Crippen LogP contribution is 2.43. The van der Waals surface area contributed by atoms with Crippen molar-refractivity contribution in [1.29, 1.82) is 0 Å². The molecule has 3 rings (SSSR count). The quantitative estimate of drug-likeness (QED) is 0.715. The molecule has 1 amide bonds. The minimum atomic E-state index is -0.515. The van der Waals surface area contributed by atoms with E-state index in [1.54, 1.807) is 18.7 Å². The molecule has 0 radical (unpaired) electrons. The maximum Gasteiger partial charge on any atom is 0.338 e. The van der Waals surface area contributed by atoms with E-state index in [1.165, 1.54) is 11.8 Å². The number of aliphatic imine (C=N–C) groups is 1. The molecular weight excluding hydrogens is 392 g/mol. The Morgan fingerprint density at radius 3 is 2.88 bits per heavy atom. The maximum atomic E-state index is 12.7. The summed E-state index contributed by atoms with van der Waals surface area (Å²) >= 11 is 4.88. The Bertz CT molecular complexity index is 775. The van der Waals surface area contributed by atoms with Crippen molar-refractivity contribution in [2.45, 2.75) is 32.1 Å². The highest BCUT2D eigenvalue weighted by atomic mass is 79.9. The lowest BCUT2D eigenvalue weighted by atomic mass is 9.94. The Hall–Kier alpha value is -1.60. The molecule has 126 valence electrons. The number of carbonyl (C=O) groups is 2. The number of halogens is 1. The molecule has 0 unspecified atom stereocenters. The molecule has 0 aromatic heterocycles. The zero-order chi connectivity index (χ0) is 17.4. The summed E-state index contributed by atoms with van der Waals surface area (Å²) in [5.41, 5.74) is 1.86. The summed E-state index contributed by atoms with van der Waals surface area (Å²) in [5, 5.41) is 0.427. The zero-order valence-corrected chi connectivity index (χ0v) is 16.0. The predicted octanol–water partition coefficient (Wildman–Crippen LogP) is 3.66. The molecule has 0 saturated carbocycles. The molecule has 2 aliphatic rings. The zero-order valence-electron chi connectivity index (χ0n) is 13.6. The molecule has 0 bridgehead atoms. The summed E-state index contributed by atoms with van der Waals surface area (Å²) in [6.07, 6.45) is 0. The van der Waals surface area contributed by atoms with Gasteiger partial charge in [0, 0.05) is 4.47 Å². The lowest BCUT2D eigenvalue weighted by Gasteiger charge is -2.33. The number of benzene rings is 1. The fraction of sp³-hybridized carbons (Fsp3) is 0.353. The minimum Gasteiger partial charge on any atom is -0.463 e. The van der Waals surface area contributed by atoms with E-state index in [4.69, 9.17) is 4.74 Å². The van der Waals surface area contributed by atoms with E-state index in [0.717, 1.165) is 10.0 Å². The van der Waals surface area contributed by atoms with Crippen LogP contribution in [0.2, 0.25) is 0 Å². The minimum absolute atomic E-state index is 0.0435. The number of carbonyl (C=O) groups excluding carboxylic acids is 2. The molecule has 1 aromatic carbocycles. The Morgan fingerprint density at radius 2 is 2.21 bits per heavy atom. The second kappa shape index (κ2) is 6.72. The van der Waals surface area contributed by atoms with Gasteiger partial charge in [-0.1, -0.05) is 39.8 Å². The Kier molecular flexibility index (Phi) is 4.83. The van der Waals surface area contributed by atoms with Gasteiger partial charge in [0.2, 0.25) is 5.91 Å². The van der Waals surface area contributed by atoms with Gasteiger partial charge in [-0.3, -0.25) is 9.69 Å². The molecule has 0 N–H and O–H groups in total. The number of hydrogen-bond donors (Lipinski definition) is 0. The van der Waals surface area contributed by atoms with Crippen molar-refractivity contribution in [2.75, 3.05) is 6.61 Å². The van der Waals surface area contributed by atoms with Gasteiger partial charge in [0.15, 0.2) is 5.17 Å². The predicted molar refractivity (Wildman–Crippen MR) is 97.6 cm³/mol. The largest absolute Gasteiger partial charge is 0.463 e. The van der Waals surface area contributed by atoms with Crippen molar-refractivity contribution in [1.82, 2.24) is 4.90 Å². The average molecular weight is 409 g/mol. The SMILES string of the molecule is CCOC(=O)C1=C(C)N=C2S[C@H](C)C(=O)N2[C@H]1c1cccc(Br)c1. The fourth-order valence-electron chi connectivity index (χ4n) is 2.86. The number of hydrogen-bond acceptors (Lipinski definition) is 5. The van der Waals surface area contributed by atoms with Crippen LogP contribution in [0.5, 0.6) is 0 Å². The topological polar surface area (TPSA) is 59.0 Å². The molecule has 5 nitrogen and oxygen atoms in total. The second-order valence-corrected chi connectivity index (χ2v) is 7.76. The molecule has 1 saturated heterocycles. The molecule has 1 aromatic rings. The van der Waals surface area contributed by atoms with Crippen molar-refractivity contribution in [2.24, 2.45) is 4.99 Å². The average Bonchev–Trinajstić information content (AvgIpc) is 2.80. The maximum absolute atomic E-state index is 12.7. The summed E-state index contributed by atoms with van der Waals surface area (Å²) in [6.45, 7) is 5.68. The van der Waals surface area contributed by atoms with E-state index >= 15 is 0 Å². The van der Waals surface area contributed by atoms with Crippen molar-refractivity contribution in [3.05, 3.63) is 45.6 Å². The molecule has 1 fully saturated rings. The van der Waals surface area contributed by atoms with Crippen LogP contribution in [0.15, 0.2) is 45.0 Å². The Balaban J connectivity index is 2.16. The van der Waals surface area contributed by atoms with Crippen molar-refractivity contribution in [3.63, 3.8) is 0 Å². The number of nitrogens with zero attached hydrogens (tertiary/aromatic N) is 2. The van der Waals surface area contributed by atoms with E-state index in [0.29, 0.717) is 16.4 Å². The van der Waals surface area contributed by atoms with Gasteiger partial charge in [0.05, 0.1) is 29.2 Å². The van der Waals surface area contributed by atoms with Crippen LogP contribution in [0.3, 0.4) is 0 Å². The standard InChI is InChI=1S/C17H17BrN2O3S/c1-4-23-16(22)13-9(2)19-17-20(15(21)10(3)24-17)14(13)11-6-5-7-12(18)8-11/h5-8,10,14H,4H2,1-3H3/t10-,14+/m1/s1. The smallest absolute Gasteiger partial charge is 0.338 e. The monoisotopic (exact) mass is 408 g/mol. The number of amidine groups is 1. The number of fused-ring (bicyclic) bond motifs is 1. The number of amides is 1. The first-order chi connectivity index (χ1) is 11.4. The molecule has 2 aliphatic heterocycles. The number of ether oxygens (including phenoxy) is 1. The van der Waals surface area contributed by atoms with E-state index in [1.807, 2.05) is 31.2 Å².